The van der Waals surface area contributed by atoms with E-state index in [0.29, 0.717) is 5.91 Å². The molecule has 3 rings (SSSR count). The lowest BCUT2D eigenvalue weighted by molar-refractivity contribution is -0.146. The number of rotatable bonds is 3. The van der Waals surface area contributed by atoms with E-state index in [1.807, 2.05) is 5.01 Å². The zero-order valence-corrected chi connectivity index (χ0v) is 11.3. The largest absolute Gasteiger partial charge is 0.296 e. The second kappa shape index (κ2) is 5.72. The van der Waals surface area contributed by atoms with Crippen molar-refractivity contribution in [3.63, 3.8) is 0 Å². The standard InChI is InChI=1S/C15H21N3O/c19-15-7-4-8-18(15)17-11-9-16(10-12-17)13-14-5-2-1-3-6-14/h1-3,5-6H,4,7-13H2. The van der Waals surface area contributed by atoms with Gasteiger partial charge in [-0.25, -0.2) is 5.01 Å². The van der Waals surface area contributed by atoms with Gasteiger partial charge < -0.3 is 0 Å². The number of amides is 1. The van der Waals surface area contributed by atoms with E-state index in [9.17, 15) is 4.79 Å². The van der Waals surface area contributed by atoms with Crippen molar-refractivity contribution in [3.05, 3.63) is 35.9 Å². The quantitative estimate of drug-likeness (QED) is 0.819. The molecule has 0 unspecified atom stereocenters. The van der Waals surface area contributed by atoms with E-state index in [1.165, 1.54) is 5.56 Å². The summed E-state index contributed by atoms with van der Waals surface area (Å²) < 4.78 is 0. The molecular formula is C15H21N3O. The smallest absolute Gasteiger partial charge is 0.236 e. The van der Waals surface area contributed by atoms with Gasteiger partial charge in [0.05, 0.1) is 0 Å². The number of hydrogen-bond acceptors (Lipinski definition) is 3. The molecule has 0 spiro atoms. The van der Waals surface area contributed by atoms with Crippen LogP contribution in [0.2, 0.25) is 0 Å². The van der Waals surface area contributed by atoms with Crippen LogP contribution in [0.4, 0.5) is 0 Å². The molecule has 0 aromatic heterocycles. The average Bonchev–Trinajstić information content (AvgIpc) is 2.87. The SMILES string of the molecule is O=C1CCCN1N1CCN(Cc2ccccc2)CC1. The molecule has 4 heteroatoms. The third-order valence-electron chi connectivity index (χ3n) is 3.99. The first-order valence-electron chi connectivity index (χ1n) is 7.14. The summed E-state index contributed by atoms with van der Waals surface area (Å²) in [4.78, 5) is 14.2. The second-order valence-electron chi connectivity index (χ2n) is 5.34. The molecule has 2 heterocycles. The van der Waals surface area contributed by atoms with Crippen LogP contribution in [-0.2, 0) is 11.3 Å². The molecular weight excluding hydrogens is 238 g/mol. The molecule has 2 aliphatic heterocycles. The van der Waals surface area contributed by atoms with Crippen molar-refractivity contribution in [2.45, 2.75) is 19.4 Å². The fourth-order valence-corrected chi connectivity index (χ4v) is 2.91. The zero-order valence-electron chi connectivity index (χ0n) is 11.3. The topological polar surface area (TPSA) is 26.8 Å². The van der Waals surface area contributed by atoms with Crippen LogP contribution in [-0.4, -0.2) is 53.5 Å². The highest BCUT2D eigenvalue weighted by Crippen LogP contribution is 2.16. The van der Waals surface area contributed by atoms with Crippen molar-refractivity contribution in [1.29, 1.82) is 0 Å². The second-order valence-corrected chi connectivity index (χ2v) is 5.34. The van der Waals surface area contributed by atoms with Crippen LogP contribution < -0.4 is 0 Å². The summed E-state index contributed by atoms with van der Waals surface area (Å²) in [6.45, 7) is 5.95. The van der Waals surface area contributed by atoms with Gasteiger partial charge in [0.25, 0.3) is 0 Å². The molecule has 1 aromatic rings. The molecule has 0 saturated carbocycles. The van der Waals surface area contributed by atoms with Crippen LogP contribution in [0.1, 0.15) is 18.4 Å². The minimum absolute atomic E-state index is 0.302. The third-order valence-corrected chi connectivity index (χ3v) is 3.99. The monoisotopic (exact) mass is 259 g/mol. The Labute approximate surface area is 114 Å². The summed E-state index contributed by atoms with van der Waals surface area (Å²) in [6.07, 6.45) is 1.74. The predicted molar refractivity (Wildman–Crippen MR) is 74.2 cm³/mol. The summed E-state index contributed by atoms with van der Waals surface area (Å²) in [5.74, 6) is 0.302. The van der Waals surface area contributed by atoms with Crippen molar-refractivity contribution >= 4 is 5.91 Å². The van der Waals surface area contributed by atoms with Crippen LogP contribution in [0.25, 0.3) is 0 Å². The van der Waals surface area contributed by atoms with E-state index >= 15 is 0 Å². The van der Waals surface area contributed by atoms with Gasteiger partial charge in [-0.2, -0.15) is 0 Å². The first-order valence-corrected chi connectivity index (χ1v) is 7.14. The van der Waals surface area contributed by atoms with E-state index in [-0.39, 0.29) is 0 Å². The lowest BCUT2D eigenvalue weighted by atomic mass is 10.2. The first kappa shape index (κ1) is 12.6. The minimum atomic E-state index is 0.302. The Bertz CT molecular complexity index is 426. The number of piperazine rings is 1. The van der Waals surface area contributed by atoms with Crippen LogP contribution in [0.3, 0.4) is 0 Å². The number of hydrazine groups is 1. The van der Waals surface area contributed by atoms with E-state index < -0.39 is 0 Å². The average molecular weight is 259 g/mol. The number of nitrogens with zero attached hydrogens (tertiary/aromatic N) is 3. The molecule has 4 nitrogen and oxygen atoms in total. The molecule has 19 heavy (non-hydrogen) atoms. The summed E-state index contributed by atoms with van der Waals surface area (Å²) in [5.41, 5.74) is 1.37. The van der Waals surface area contributed by atoms with Gasteiger partial charge in [0, 0.05) is 45.7 Å². The molecule has 1 aromatic carbocycles. The zero-order chi connectivity index (χ0) is 13.1. The molecule has 0 bridgehead atoms. The van der Waals surface area contributed by atoms with Gasteiger partial charge in [-0.05, 0) is 12.0 Å². The molecule has 2 saturated heterocycles. The summed E-state index contributed by atoms with van der Waals surface area (Å²) in [5, 5.41) is 4.19. The summed E-state index contributed by atoms with van der Waals surface area (Å²) in [6, 6.07) is 10.6. The molecule has 0 atom stereocenters. The fraction of sp³-hybridized carbons (Fsp3) is 0.533. The molecule has 0 aliphatic carbocycles. The van der Waals surface area contributed by atoms with Crippen molar-refractivity contribution in [2.24, 2.45) is 0 Å². The van der Waals surface area contributed by atoms with Gasteiger partial charge in [-0.1, -0.05) is 30.3 Å². The molecule has 1 amide bonds. The first-order chi connectivity index (χ1) is 9.33. The number of benzene rings is 1. The fourth-order valence-electron chi connectivity index (χ4n) is 2.91. The minimum Gasteiger partial charge on any atom is -0.296 e. The third kappa shape index (κ3) is 2.96. The van der Waals surface area contributed by atoms with Gasteiger partial charge in [0.2, 0.25) is 5.91 Å². The summed E-state index contributed by atoms with van der Waals surface area (Å²) in [7, 11) is 0. The molecule has 102 valence electrons. The van der Waals surface area contributed by atoms with E-state index in [1.54, 1.807) is 0 Å². The molecule has 2 fully saturated rings. The molecule has 2 aliphatic rings. The normalized spacial score (nSPS) is 22.1. The Morgan fingerprint density at radius 3 is 2.32 bits per heavy atom. The van der Waals surface area contributed by atoms with Crippen LogP contribution >= 0.6 is 0 Å². The Kier molecular flexibility index (Phi) is 3.80. The van der Waals surface area contributed by atoms with Crippen LogP contribution in [0.5, 0.6) is 0 Å². The maximum absolute atomic E-state index is 11.7. The van der Waals surface area contributed by atoms with Crippen molar-refractivity contribution in [1.82, 2.24) is 14.9 Å². The molecule has 0 N–H and O–H groups in total. The molecule has 0 radical (unpaired) electrons. The maximum atomic E-state index is 11.7. The Morgan fingerprint density at radius 1 is 0.947 bits per heavy atom. The maximum Gasteiger partial charge on any atom is 0.236 e. The number of carbonyl (C=O) groups excluding carboxylic acids is 1. The van der Waals surface area contributed by atoms with Crippen molar-refractivity contribution in [3.8, 4) is 0 Å². The van der Waals surface area contributed by atoms with Gasteiger partial charge in [0.15, 0.2) is 0 Å². The Balaban J connectivity index is 1.51. The van der Waals surface area contributed by atoms with Crippen LogP contribution in [0, 0.1) is 0 Å². The Hall–Kier alpha value is -1.39. The van der Waals surface area contributed by atoms with Gasteiger partial charge >= 0.3 is 0 Å². The van der Waals surface area contributed by atoms with E-state index in [4.69, 9.17) is 0 Å². The lowest BCUT2D eigenvalue weighted by Crippen LogP contribution is -2.53. The lowest BCUT2D eigenvalue weighted by Gasteiger charge is -2.39. The highest BCUT2D eigenvalue weighted by atomic mass is 16.2. The van der Waals surface area contributed by atoms with Gasteiger partial charge in [0.1, 0.15) is 0 Å². The highest BCUT2D eigenvalue weighted by Gasteiger charge is 2.28. The van der Waals surface area contributed by atoms with Crippen molar-refractivity contribution < 1.29 is 4.79 Å². The van der Waals surface area contributed by atoms with E-state index in [2.05, 4.69) is 40.2 Å². The van der Waals surface area contributed by atoms with Gasteiger partial charge in [-0.15, -0.1) is 0 Å². The predicted octanol–water partition coefficient (Wildman–Crippen LogP) is 1.34. The number of hydrogen-bond donors (Lipinski definition) is 0. The Morgan fingerprint density at radius 2 is 1.68 bits per heavy atom. The highest BCUT2D eigenvalue weighted by molar-refractivity contribution is 5.77. The number of carbonyl (C=O) groups is 1. The van der Waals surface area contributed by atoms with Gasteiger partial charge in [-0.3, -0.25) is 14.7 Å². The van der Waals surface area contributed by atoms with Crippen LogP contribution in [0.15, 0.2) is 30.3 Å². The van der Waals surface area contributed by atoms with E-state index in [0.717, 1.165) is 52.1 Å². The summed E-state index contributed by atoms with van der Waals surface area (Å²) >= 11 is 0. The van der Waals surface area contributed by atoms with Crippen molar-refractivity contribution in [2.75, 3.05) is 32.7 Å².